The molecule has 1 aliphatic carbocycles. The molecule has 2 atom stereocenters. The van der Waals surface area contributed by atoms with Crippen LogP contribution in [0.5, 0.6) is 0 Å². The van der Waals surface area contributed by atoms with Crippen LogP contribution in [0.3, 0.4) is 0 Å². The van der Waals surface area contributed by atoms with Crippen LogP contribution in [-0.2, 0) is 14.6 Å². The van der Waals surface area contributed by atoms with Gasteiger partial charge in [0.2, 0.25) is 0 Å². The van der Waals surface area contributed by atoms with Crippen LogP contribution in [0.1, 0.15) is 26.2 Å². The molecule has 0 amide bonds. The van der Waals surface area contributed by atoms with Crippen LogP contribution in [0.25, 0.3) is 0 Å². The van der Waals surface area contributed by atoms with Gasteiger partial charge >= 0.3 is 5.97 Å². The Hall–Kier alpha value is -0.780. The number of benzene rings is 1. The maximum Gasteiger partial charge on any atom is 0.325 e. The van der Waals surface area contributed by atoms with Crippen LogP contribution in [0.4, 0.5) is 0 Å². The van der Waals surface area contributed by atoms with Gasteiger partial charge in [-0.05, 0) is 37.0 Å². The fraction of sp³-hybridized carbons (Fsp3) is 0.462. The Bertz CT molecular complexity index is 656. The van der Waals surface area contributed by atoms with Crippen molar-refractivity contribution in [1.82, 2.24) is 0 Å². The van der Waals surface area contributed by atoms with Crippen molar-refractivity contribution in [3.05, 3.63) is 28.2 Å². The Morgan fingerprint density at radius 2 is 2.05 bits per heavy atom. The van der Waals surface area contributed by atoms with E-state index in [1.54, 1.807) is 6.92 Å². The molecule has 1 fully saturated rings. The Labute approximate surface area is 127 Å². The average Bonchev–Trinajstić information content (AvgIpc) is 2.75. The highest BCUT2D eigenvalue weighted by atomic mass is 35.5. The predicted molar refractivity (Wildman–Crippen MR) is 77.0 cm³/mol. The number of carboxylic acids is 1. The predicted octanol–water partition coefficient (Wildman–Crippen LogP) is 3.41. The van der Waals surface area contributed by atoms with E-state index in [9.17, 15) is 18.3 Å². The summed E-state index contributed by atoms with van der Waals surface area (Å²) in [6.07, 6.45) is 1.21. The molecule has 110 valence electrons. The molecule has 0 heterocycles. The standard InChI is InChI=1S/C13H14Cl2O4S/c1-8-3-2-6-13(8,12(16)17)20(18,19)11-7-9(14)4-5-10(11)15/h4-5,7-8H,2-3,6H2,1H3,(H,16,17). The fourth-order valence-electron chi connectivity index (χ4n) is 2.86. The zero-order valence-electron chi connectivity index (χ0n) is 10.8. The van der Waals surface area contributed by atoms with Gasteiger partial charge in [-0.25, -0.2) is 8.42 Å². The highest BCUT2D eigenvalue weighted by molar-refractivity contribution is 7.93. The van der Waals surface area contributed by atoms with Crippen LogP contribution >= 0.6 is 23.2 Å². The number of carbonyl (C=O) groups is 1. The molecule has 0 aliphatic heterocycles. The smallest absolute Gasteiger partial charge is 0.325 e. The van der Waals surface area contributed by atoms with Crippen LogP contribution in [-0.4, -0.2) is 24.2 Å². The molecule has 1 aromatic carbocycles. The number of sulfone groups is 1. The molecule has 2 rings (SSSR count). The van der Waals surface area contributed by atoms with E-state index in [2.05, 4.69) is 0 Å². The van der Waals surface area contributed by atoms with Crippen molar-refractivity contribution >= 4 is 39.0 Å². The Kier molecular flexibility index (Phi) is 4.06. The molecule has 1 N–H and O–H groups in total. The van der Waals surface area contributed by atoms with Gasteiger partial charge in [0.1, 0.15) is 0 Å². The van der Waals surface area contributed by atoms with Crippen molar-refractivity contribution in [1.29, 1.82) is 0 Å². The van der Waals surface area contributed by atoms with Crippen LogP contribution in [0.2, 0.25) is 10.0 Å². The molecular weight excluding hydrogens is 323 g/mol. The number of halogens is 2. The van der Waals surface area contributed by atoms with E-state index in [1.807, 2.05) is 0 Å². The molecule has 0 saturated heterocycles. The topological polar surface area (TPSA) is 71.4 Å². The molecule has 1 saturated carbocycles. The second-order valence-corrected chi connectivity index (χ2v) is 8.08. The number of carboxylic acid groups (broad SMARTS) is 1. The summed E-state index contributed by atoms with van der Waals surface area (Å²) in [5, 5.41) is 9.74. The van der Waals surface area contributed by atoms with E-state index in [4.69, 9.17) is 23.2 Å². The minimum absolute atomic E-state index is 0.00544. The van der Waals surface area contributed by atoms with E-state index < -0.39 is 26.5 Å². The van der Waals surface area contributed by atoms with E-state index in [-0.39, 0.29) is 21.4 Å². The lowest BCUT2D eigenvalue weighted by atomic mass is 9.97. The summed E-state index contributed by atoms with van der Waals surface area (Å²) in [5.74, 6) is -1.79. The summed E-state index contributed by atoms with van der Waals surface area (Å²) in [6, 6.07) is 4.05. The van der Waals surface area contributed by atoms with E-state index >= 15 is 0 Å². The number of aliphatic carboxylic acids is 1. The minimum atomic E-state index is -4.12. The van der Waals surface area contributed by atoms with Gasteiger partial charge in [-0.1, -0.05) is 36.5 Å². The van der Waals surface area contributed by atoms with Gasteiger partial charge < -0.3 is 5.11 Å². The molecule has 0 spiro atoms. The summed E-state index contributed by atoms with van der Waals surface area (Å²) in [6.45, 7) is 1.65. The molecule has 1 aromatic rings. The van der Waals surface area contributed by atoms with Crippen molar-refractivity contribution in [2.75, 3.05) is 0 Å². The summed E-state index contributed by atoms with van der Waals surface area (Å²) < 4.78 is 23.9. The quantitative estimate of drug-likeness (QED) is 0.917. The zero-order valence-corrected chi connectivity index (χ0v) is 13.1. The first-order valence-corrected chi connectivity index (χ1v) is 8.40. The van der Waals surface area contributed by atoms with Gasteiger partial charge in [0.15, 0.2) is 14.6 Å². The highest BCUT2D eigenvalue weighted by Gasteiger charge is 2.58. The Morgan fingerprint density at radius 3 is 2.55 bits per heavy atom. The van der Waals surface area contributed by atoms with Gasteiger partial charge in [0, 0.05) is 5.02 Å². The van der Waals surface area contributed by atoms with Crippen LogP contribution in [0.15, 0.2) is 23.1 Å². The molecule has 2 unspecified atom stereocenters. The van der Waals surface area contributed by atoms with Crippen molar-refractivity contribution in [3.63, 3.8) is 0 Å². The van der Waals surface area contributed by atoms with Crippen LogP contribution in [0, 0.1) is 5.92 Å². The first kappa shape index (κ1) is 15.6. The molecule has 7 heteroatoms. The lowest BCUT2D eigenvalue weighted by molar-refractivity contribution is -0.141. The fourth-order valence-corrected chi connectivity index (χ4v) is 5.81. The summed E-state index contributed by atoms with van der Waals surface area (Å²) in [5.41, 5.74) is 0. The maximum atomic E-state index is 12.9. The number of rotatable bonds is 3. The van der Waals surface area contributed by atoms with Gasteiger partial charge in [-0.15, -0.1) is 0 Å². The third-order valence-corrected chi connectivity index (χ3v) is 7.34. The van der Waals surface area contributed by atoms with Crippen molar-refractivity contribution in [2.24, 2.45) is 5.92 Å². The Morgan fingerprint density at radius 1 is 1.40 bits per heavy atom. The monoisotopic (exact) mass is 336 g/mol. The van der Waals surface area contributed by atoms with Crippen molar-refractivity contribution in [2.45, 2.75) is 35.8 Å². The van der Waals surface area contributed by atoms with Gasteiger partial charge in [0.25, 0.3) is 0 Å². The number of hydrogen-bond donors (Lipinski definition) is 1. The lowest BCUT2D eigenvalue weighted by Gasteiger charge is -2.29. The second-order valence-electron chi connectivity index (χ2n) is 5.07. The molecule has 0 aromatic heterocycles. The average molecular weight is 337 g/mol. The summed E-state index contributed by atoms with van der Waals surface area (Å²) in [4.78, 5) is 11.5. The molecule has 0 radical (unpaired) electrons. The van der Waals surface area contributed by atoms with E-state index in [1.165, 1.54) is 18.2 Å². The molecule has 0 bridgehead atoms. The minimum Gasteiger partial charge on any atom is -0.480 e. The summed E-state index contributed by atoms with van der Waals surface area (Å²) in [7, 11) is -4.12. The third-order valence-electron chi connectivity index (χ3n) is 4.01. The SMILES string of the molecule is CC1CCCC1(C(=O)O)S(=O)(=O)c1cc(Cl)ccc1Cl. The largest absolute Gasteiger partial charge is 0.480 e. The number of hydrogen-bond acceptors (Lipinski definition) is 3. The first-order chi connectivity index (χ1) is 9.23. The molecule has 4 nitrogen and oxygen atoms in total. The van der Waals surface area contributed by atoms with Gasteiger partial charge in [-0.3, -0.25) is 4.79 Å². The lowest BCUT2D eigenvalue weighted by Crippen LogP contribution is -2.48. The van der Waals surface area contributed by atoms with Gasteiger partial charge in [-0.2, -0.15) is 0 Å². The molecule has 1 aliphatic rings. The van der Waals surface area contributed by atoms with E-state index in [0.717, 1.165) is 0 Å². The molecular formula is C13H14Cl2O4S. The highest BCUT2D eigenvalue weighted by Crippen LogP contribution is 2.46. The second kappa shape index (κ2) is 5.20. The Balaban J connectivity index is 2.70. The molecule has 20 heavy (non-hydrogen) atoms. The third kappa shape index (κ3) is 2.12. The van der Waals surface area contributed by atoms with Crippen molar-refractivity contribution in [3.8, 4) is 0 Å². The van der Waals surface area contributed by atoms with Gasteiger partial charge in [0.05, 0.1) is 9.92 Å². The van der Waals surface area contributed by atoms with Crippen LogP contribution < -0.4 is 0 Å². The zero-order chi connectivity index (χ0) is 15.1. The summed E-state index contributed by atoms with van der Waals surface area (Å²) >= 11 is 11.8. The van der Waals surface area contributed by atoms with E-state index in [0.29, 0.717) is 12.8 Å². The maximum absolute atomic E-state index is 12.9. The normalized spacial score (nSPS) is 26.6. The van der Waals surface area contributed by atoms with Crippen molar-refractivity contribution < 1.29 is 18.3 Å². The first-order valence-electron chi connectivity index (χ1n) is 6.16.